The van der Waals surface area contributed by atoms with Crippen LogP contribution in [-0.4, -0.2) is 18.2 Å². The minimum atomic E-state index is -4.87. The summed E-state index contributed by atoms with van der Waals surface area (Å²) in [6.45, 7) is 4.76. The van der Waals surface area contributed by atoms with Crippen LogP contribution in [0.3, 0.4) is 0 Å². The number of allylic oxidation sites excluding steroid dienone is 2. The van der Waals surface area contributed by atoms with Gasteiger partial charge in [-0.3, -0.25) is 4.79 Å². The van der Waals surface area contributed by atoms with Gasteiger partial charge in [0.25, 0.3) is 0 Å². The van der Waals surface area contributed by atoms with Gasteiger partial charge in [-0.2, -0.15) is 13.2 Å². The van der Waals surface area contributed by atoms with Gasteiger partial charge in [0.2, 0.25) is 6.10 Å². The summed E-state index contributed by atoms with van der Waals surface area (Å²) in [6, 6.07) is 0. The molecule has 0 aliphatic heterocycles. The van der Waals surface area contributed by atoms with E-state index >= 15 is 0 Å². The molecule has 0 amide bonds. The summed E-state index contributed by atoms with van der Waals surface area (Å²) < 4.78 is 55.0. The Bertz CT molecular complexity index is 593. The summed E-state index contributed by atoms with van der Waals surface area (Å²) in [5.74, 6) is 0.767. The van der Waals surface area contributed by atoms with Gasteiger partial charge in [0, 0.05) is 0 Å². The van der Waals surface area contributed by atoms with Crippen molar-refractivity contribution in [1.29, 1.82) is 0 Å². The van der Waals surface area contributed by atoms with Gasteiger partial charge in [-0.05, 0) is 24.3 Å². The molecule has 2 nitrogen and oxygen atoms in total. The molecular formula is C15H14Cl2F4O2. The highest BCUT2D eigenvalue weighted by atomic mass is 35.5. The second-order valence-electron chi connectivity index (χ2n) is 5.56. The lowest BCUT2D eigenvalue weighted by atomic mass is 10.1. The van der Waals surface area contributed by atoms with E-state index in [1.807, 2.05) is 0 Å². The van der Waals surface area contributed by atoms with E-state index in [0.717, 1.165) is 0 Å². The van der Waals surface area contributed by atoms with Crippen molar-refractivity contribution in [2.24, 2.45) is 17.3 Å². The fourth-order valence-corrected chi connectivity index (χ4v) is 2.55. The first kappa shape index (κ1) is 19.9. The SMILES string of the molecule is CC#CC(OC(=O)C1C(C=C(Cl)Cl)C1(C)C)C(F)=CC(F)(F)F. The molecule has 23 heavy (non-hydrogen) atoms. The molecule has 1 saturated carbocycles. The van der Waals surface area contributed by atoms with Crippen molar-refractivity contribution >= 4 is 29.2 Å². The molecular weight excluding hydrogens is 359 g/mol. The smallest absolute Gasteiger partial charge is 0.412 e. The Morgan fingerprint density at radius 2 is 1.91 bits per heavy atom. The molecule has 3 atom stereocenters. The highest BCUT2D eigenvalue weighted by molar-refractivity contribution is 6.55. The number of esters is 1. The van der Waals surface area contributed by atoms with Crippen molar-refractivity contribution in [1.82, 2.24) is 0 Å². The Morgan fingerprint density at radius 3 is 2.35 bits per heavy atom. The molecule has 0 bridgehead atoms. The molecule has 0 N–H and O–H groups in total. The van der Waals surface area contributed by atoms with Crippen LogP contribution in [0.5, 0.6) is 0 Å². The molecule has 128 valence electrons. The zero-order valence-electron chi connectivity index (χ0n) is 12.5. The van der Waals surface area contributed by atoms with Crippen LogP contribution >= 0.6 is 23.2 Å². The molecule has 0 spiro atoms. The Hall–Kier alpha value is -1.19. The molecule has 1 fully saturated rings. The maximum atomic E-state index is 13.6. The quantitative estimate of drug-likeness (QED) is 0.397. The van der Waals surface area contributed by atoms with E-state index in [2.05, 4.69) is 11.8 Å². The molecule has 1 aliphatic carbocycles. The van der Waals surface area contributed by atoms with Crippen LogP contribution in [-0.2, 0) is 9.53 Å². The normalized spacial score (nSPS) is 24.1. The van der Waals surface area contributed by atoms with Gasteiger partial charge in [-0.25, -0.2) is 4.39 Å². The molecule has 0 saturated heterocycles. The average molecular weight is 373 g/mol. The van der Waals surface area contributed by atoms with Crippen LogP contribution in [0.15, 0.2) is 22.5 Å². The van der Waals surface area contributed by atoms with Crippen LogP contribution in [0.25, 0.3) is 0 Å². The Morgan fingerprint density at radius 1 is 1.35 bits per heavy atom. The predicted octanol–water partition coefficient (Wildman–Crippen LogP) is 4.93. The molecule has 3 unspecified atom stereocenters. The second-order valence-corrected chi connectivity index (χ2v) is 6.57. The van der Waals surface area contributed by atoms with Gasteiger partial charge in [-0.15, -0.1) is 5.92 Å². The number of carbonyl (C=O) groups is 1. The molecule has 0 aromatic carbocycles. The van der Waals surface area contributed by atoms with Crippen LogP contribution in [0.1, 0.15) is 20.8 Å². The summed E-state index contributed by atoms with van der Waals surface area (Å²) >= 11 is 11.1. The van der Waals surface area contributed by atoms with Gasteiger partial charge in [0.15, 0.2) is 5.83 Å². The number of hydrogen-bond donors (Lipinski definition) is 0. The molecule has 8 heteroatoms. The van der Waals surface area contributed by atoms with E-state index in [0.29, 0.717) is 0 Å². The summed E-state index contributed by atoms with van der Waals surface area (Å²) in [5.41, 5.74) is -0.541. The summed E-state index contributed by atoms with van der Waals surface area (Å²) in [5, 5.41) is 0. The zero-order chi connectivity index (χ0) is 18.0. The van der Waals surface area contributed by atoms with E-state index in [9.17, 15) is 22.4 Å². The minimum Gasteiger partial charge on any atom is -0.441 e. The van der Waals surface area contributed by atoms with Crippen LogP contribution in [0.4, 0.5) is 17.6 Å². The first-order valence-corrected chi connectivity index (χ1v) is 7.26. The van der Waals surface area contributed by atoms with E-state index in [-0.39, 0.29) is 10.4 Å². The Labute approximate surface area is 141 Å². The van der Waals surface area contributed by atoms with Crippen LogP contribution in [0.2, 0.25) is 0 Å². The van der Waals surface area contributed by atoms with Gasteiger partial charge in [-0.1, -0.05) is 43.0 Å². The molecule has 0 heterocycles. The van der Waals surface area contributed by atoms with Crippen molar-refractivity contribution in [2.45, 2.75) is 33.1 Å². The highest BCUT2D eigenvalue weighted by Crippen LogP contribution is 2.60. The minimum absolute atomic E-state index is 0.0357. The number of halogens is 6. The first-order valence-electron chi connectivity index (χ1n) is 6.50. The van der Waals surface area contributed by atoms with E-state index in [4.69, 9.17) is 27.9 Å². The number of hydrogen-bond acceptors (Lipinski definition) is 2. The van der Waals surface area contributed by atoms with Crippen molar-refractivity contribution in [3.05, 3.63) is 22.5 Å². The summed E-state index contributed by atoms with van der Waals surface area (Å²) in [6.07, 6.45) is -5.92. The first-order chi connectivity index (χ1) is 10.4. The van der Waals surface area contributed by atoms with Crippen molar-refractivity contribution in [3.8, 4) is 11.8 Å². The lowest BCUT2D eigenvalue weighted by Crippen LogP contribution is -2.21. The van der Waals surface area contributed by atoms with Crippen LogP contribution < -0.4 is 0 Å². The van der Waals surface area contributed by atoms with E-state index < -0.39 is 41.5 Å². The van der Waals surface area contributed by atoms with Gasteiger partial charge in [0.05, 0.1) is 12.0 Å². The lowest BCUT2D eigenvalue weighted by Gasteiger charge is -2.12. The highest BCUT2D eigenvalue weighted by Gasteiger charge is 2.62. The number of carbonyl (C=O) groups excluding carboxylic acids is 1. The molecule has 0 radical (unpaired) electrons. The predicted molar refractivity (Wildman–Crippen MR) is 79.1 cm³/mol. The maximum Gasteiger partial charge on any atom is 0.412 e. The topological polar surface area (TPSA) is 26.3 Å². The number of rotatable bonds is 4. The number of alkyl halides is 3. The van der Waals surface area contributed by atoms with Gasteiger partial charge in [0.1, 0.15) is 4.49 Å². The average Bonchev–Trinajstić information content (AvgIpc) is 2.87. The van der Waals surface area contributed by atoms with Crippen molar-refractivity contribution in [2.75, 3.05) is 0 Å². The monoisotopic (exact) mass is 372 g/mol. The molecule has 0 aromatic rings. The van der Waals surface area contributed by atoms with Crippen LogP contribution in [0, 0.1) is 29.1 Å². The lowest BCUT2D eigenvalue weighted by molar-refractivity contribution is -0.148. The zero-order valence-corrected chi connectivity index (χ0v) is 14.0. The fraction of sp³-hybridized carbons (Fsp3) is 0.533. The van der Waals surface area contributed by atoms with Gasteiger partial charge >= 0.3 is 12.1 Å². The fourth-order valence-electron chi connectivity index (χ4n) is 2.28. The van der Waals surface area contributed by atoms with Gasteiger partial charge < -0.3 is 4.74 Å². The standard InChI is InChI=1S/C15H14Cl2F4O2/c1-4-5-10(9(18)7-15(19,20)21)23-13(22)12-8(6-11(16)17)14(12,2)3/h6-8,10,12H,1-3H3. The summed E-state index contributed by atoms with van der Waals surface area (Å²) in [4.78, 5) is 12.1. The third kappa shape index (κ3) is 5.43. The van der Waals surface area contributed by atoms with Crippen molar-refractivity contribution < 1.29 is 27.1 Å². The van der Waals surface area contributed by atoms with Crippen molar-refractivity contribution in [3.63, 3.8) is 0 Å². The Kier molecular flexibility index (Phi) is 6.17. The molecule has 1 rings (SSSR count). The third-order valence-corrected chi connectivity index (χ3v) is 3.78. The number of ether oxygens (including phenoxy) is 1. The molecule has 1 aliphatic rings. The molecule has 0 aromatic heterocycles. The largest absolute Gasteiger partial charge is 0.441 e. The Balaban J connectivity index is 2.90. The third-order valence-electron chi connectivity index (χ3n) is 3.53. The second kappa shape index (κ2) is 7.14. The van der Waals surface area contributed by atoms with E-state index in [1.54, 1.807) is 13.8 Å². The summed E-state index contributed by atoms with van der Waals surface area (Å²) in [7, 11) is 0. The van der Waals surface area contributed by atoms with E-state index in [1.165, 1.54) is 13.0 Å². The maximum absolute atomic E-state index is 13.6.